The number of sulfonamides is 1. The molecule has 0 atom stereocenters. The van der Waals surface area contributed by atoms with Crippen molar-refractivity contribution in [3.05, 3.63) is 71.4 Å². The Balaban J connectivity index is 2.02. The molecule has 0 unspecified atom stereocenters. The zero-order chi connectivity index (χ0) is 17.3. The van der Waals surface area contributed by atoms with E-state index in [1.807, 2.05) is 45.0 Å². The Bertz CT molecular complexity index is 974. The highest BCUT2D eigenvalue weighted by Gasteiger charge is 2.18. The summed E-state index contributed by atoms with van der Waals surface area (Å²) in [5.41, 5.74) is 3.60. The molecule has 3 aromatic rings. The lowest BCUT2D eigenvalue weighted by Gasteiger charge is -2.12. The van der Waals surface area contributed by atoms with Crippen molar-refractivity contribution in [2.24, 2.45) is 0 Å². The summed E-state index contributed by atoms with van der Waals surface area (Å²) in [5, 5.41) is 4.42. The molecule has 0 spiro atoms. The van der Waals surface area contributed by atoms with Crippen LogP contribution in [0, 0.1) is 20.8 Å². The van der Waals surface area contributed by atoms with Gasteiger partial charge in [0, 0.05) is 6.07 Å². The molecule has 0 aliphatic rings. The molecule has 1 aromatic heterocycles. The molecular formula is C18H19N3O2S. The van der Waals surface area contributed by atoms with Crippen molar-refractivity contribution >= 4 is 15.8 Å². The van der Waals surface area contributed by atoms with Gasteiger partial charge in [-0.3, -0.25) is 4.72 Å². The summed E-state index contributed by atoms with van der Waals surface area (Å²) in [7, 11) is -3.67. The molecule has 1 heterocycles. The van der Waals surface area contributed by atoms with Gasteiger partial charge in [0.15, 0.2) is 0 Å². The van der Waals surface area contributed by atoms with Gasteiger partial charge in [-0.15, -0.1) is 0 Å². The maximum atomic E-state index is 12.6. The summed E-state index contributed by atoms with van der Waals surface area (Å²) in [4.78, 5) is 0.225. The molecular weight excluding hydrogens is 322 g/mol. The number of para-hydroxylation sites is 1. The van der Waals surface area contributed by atoms with Crippen LogP contribution in [0.2, 0.25) is 0 Å². The standard InChI is InChI=1S/C18H19N3O2S/c1-13-8-10-16(11-9-13)24(22,23)20-18-12-15(3)19-21(18)17-7-5-4-6-14(17)2/h4-12,20H,1-3H3. The molecule has 0 aliphatic heterocycles. The van der Waals surface area contributed by atoms with Crippen LogP contribution >= 0.6 is 0 Å². The Morgan fingerprint density at radius 3 is 2.29 bits per heavy atom. The largest absolute Gasteiger partial charge is 0.263 e. The summed E-state index contributed by atoms with van der Waals surface area (Å²) in [6.45, 7) is 5.71. The lowest BCUT2D eigenvalue weighted by molar-refractivity contribution is 0.600. The number of hydrogen-bond acceptors (Lipinski definition) is 3. The zero-order valence-corrected chi connectivity index (χ0v) is 14.6. The van der Waals surface area contributed by atoms with Crippen LogP contribution in [0.25, 0.3) is 5.69 Å². The first-order valence-electron chi connectivity index (χ1n) is 7.59. The smallest absolute Gasteiger partial charge is 0.263 e. The van der Waals surface area contributed by atoms with Crippen molar-refractivity contribution in [1.82, 2.24) is 9.78 Å². The van der Waals surface area contributed by atoms with E-state index in [-0.39, 0.29) is 4.90 Å². The van der Waals surface area contributed by atoms with E-state index < -0.39 is 10.0 Å². The normalized spacial score (nSPS) is 11.5. The van der Waals surface area contributed by atoms with Crippen molar-refractivity contribution in [2.75, 3.05) is 4.72 Å². The van der Waals surface area contributed by atoms with Crippen molar-refractivity contribution in [2.45, 2.75) is 25.7 Å². The van der Waals surface area contributed by atoms with Gasteiger partial charge in [-0.25, -0.2) is 13.1 Å². The third-order valence-electron chi connectivity index (χ3n) is 3.75. The number of benzene rings is 2. The van der Waals surface area contributed by atoms with E-state index in [1.54, 1.807) is 35.0 Å². The fourth-order valence-electron chi connectivity index (χ4n) is 2.47. The summed E-state index contributed by atoms with van der Waals surface area (Å²) in [5.74, 6) is 0.419. The van der Waals surface area contributed by atoms with Gasteiger partial charge in [0.2, 0.25) is 0 Å². The van der Waals surface area contributed by atoms with Gasteiger partial charge >= 0.3 is 0 Å². The number of nitrogens with zero attached hydrogens (tertiary/aromatic N) is 2. The van der Waals surface area contributed by atoms with Gasteiger partial charge in [-0.1, -0.05) is 35.9 Å². The van der Waals surface area contributed by atoms with Crippen LogP contribution in [-0.4, -0.2) is 18.2 Å². The first-order chi connectivity index (χ1) is 11.4. The first-order valence-corrected chi connectivity index (χ1v) is 9.07. The predicted molar refractivity (Wildman–Crippen MR) is 95.0 cm³/mol. The van der Waals surface area contributed by atoms with Crippen molar-refractivity contribution in [1.29, 1.82) is 0 Å². The van der Waals surface area contributed by atoms with Crippen LogP contribution in [0.4, 0.5) is 5.82 Å². The minimum absolute atomic E-state index is 0.225. The van der Waals surface area contributed by atoms with Gasteiger partial charge in [0.1, 0.15) is 5.82 Å². The Hall–Kier alpha value is -2.60. The van der Waals surface area contributed by atoms with Crippen LogP contribution in [0.5, 0.6) is 0 Å². The minimum atomic E-state index is -3.67. The van der Waals surface area contributed by atoms with Crippen LogP contribution in [-0.2, 0) is 10.0 Å². The number of anilines is 1. The van der Waals surface area contributed by atoms with E-state index >= 15 is 0 Å². The molecule has 0 saturated heterocycles. The lowest BCUT2D eigenvalue weighted by atomic mass is 10.2. The van der Waals surface area contributed by atoms with Gasteiger partial charge in [0.25, 0.3) is 10.0 Å². The topological polar surface area (TPSA) is 64.0 Å². The molecule has 0 amide bonds. The van der Waals surface area contributed by atoms with Crippen molar-refractivity contribution < 1.29 is 8.42 Å². The third-order valence-corrected chi connectivity index (χ3v) is 5.12. The van der Waals surface area contributed by atoms with Crippen molar-refractivity contribution in [3.8, 4) is 5.69 Å². The van der Waals surface area contributed by atoms with Crippen LogP contribution in [0.1, 0.15) is 16.8 Å². The number of rotatable bonds is 4. The van der Waals surface area contributed by atoms with E-state index in [1.165, 1.54) is 0 Å². The van der Waals surface area contributed by atoms with E-state index in [9.17, 15) is 8.42 Å². The second-order valence-electron chi connectivity index (χ2n) is 5.79. The molecule has 0 saturated carbocycles. The molecule has 24 heavy (non-hydrogen) atoms. The molecule has 6 heteroatoms. The third kappa shape index (κ3) is 3.19. The quantitative estimate of drug-likeness (QED) is 0.788. The second-order valence-corrected chi connectivity index (χ2v) is 7.47. The maximum absolute atomic E-state index is 12.6. The van der Waals surface area contributed by atoms with Gasteiger partial charge in [-0.2, -0.15) is 5.10 Å². The van der Waals surface area contributed by atoms with Crippen molar-refractivity contribution in [3.63, 3.8) is 0 Å². The van der Waals surface area contributed by atoms with E-state index in [4.69, 9.17) is 0 Å². The molecule has 5 nitrogen and oxygen atoms in total. The highest BCUT2D eigenvalue weighted by molar-refractivity contribution is 7.92. The molecule has 0 aliphatic carbocycles. The molecule has 124 valence electrons. The highest BCUT2D eigenvalue weighted by Crippen LogP contribution is 2.23. The molecule has 0 radical (unpaired) electrons. The minimum Gasteiger partial charge on any atom is -0.263 e. The monoisotopic (exact) mass is 341 g/mol. The fourth-order valence-corrected chi connectivity index (χ4v) is 3.50. The number of aromatic nitrogens is 2. The zero-order valence-electron chi connectivity index (χ0n) is 13.8. The summed E-state index contributed by atoms with van der Waals surface area (Å²) < 4.78 is 29.5. The van der Waals surface area contributed by atoms with E-state index in [2.05, 4.69) is 9.82 Å². The maximum Gasteiger partial charge on any atom is 0.263 e. The molecule has 3 rings (SSSR count). The average molecular weight is 341 g/mol. The van der Waals surface area contributed by atoms with Gasteiger partial charge in [-0.05, 0) is 44.5 Å². The average Bonchev–Trinajstić information content (AvgIpc) is 2.88. The summed E-state index contributed by atoms with van der Waals surface area (Å²) in [6.07, 6.45) is 0. The number of aryl methyl sites for hydroxylation is 3. The summed E-state index contributed by atoms with van der Waals surface area (Å²) in [6, 6.07) is 16.2. The molecule has 2 aromatic carbocycles. The summed E-state index contributed by atoms with van der Waals surface area (Å²) >= 11 is 0. The van der Waals surface area contributed by atoms with Gasteiger partial charge < -0.3 is 0 Å². The lowest BCUT2D eigenvalue weighted by Crippen LogP contribution is -2.16. The molecule has 0 bridgehead atoms. The Labute approximate surface area is 142 Å². The highest BCUT2D eigenvalue weighted by atomic mass is 32.2. The number of hydrogen-bond donors (Lipinski definition) is 1. The SMILES string of the molecule is Cc1ccc(S(=O)(=O)Nc2cc(C)nn2-c2ccccc2C)cc1. The van der Waals surface area contributed by atoms with Gasteiger partial charge in [0.05, 0.1) is 16.3 Å². The molecule has 1 N–H and O–H groups in total. The van der Waals surface area contributed by atoms with Crippen LogP contribution < -0.4 is 4.72 Å². The Morgan fingerprint density at radius 1 is 0.958 bits per heavy atom. The first kappa shape index (κ1) is 16.3. The van der Waals surface area contributed by atoms with E-state index in [0.717, 1.165) is 22.5 Å². The van der Waals surface area contributed by atoms with E-state index in [0.29, 0.717) is 5.82 Å². The second kappa shape index (κ2) is 6.13. The Morgan fingerprint density at radius 2 is 1.62 bits per heavy atom. The number of nitrogens with one attached hydrogen (secondary N) is 1. The fraction of sp³-hybridized carbons (Fsp3) is 0.167. The van der Waals surface area contributed by atoms with Crippen LogP contribution in [0.3, 0.4) is 0 Å². The molecule has 0 fully saturated rings. The predicted octanol–water partition coefficient (Wildman–Crippen LogP) is 3.60. The van der Waals surface area contributed by atoms with Crippen LogP contribution in [0.15, 0.2) is 59.5 Å². The Kier molecular flexibility index (Phi) is 4.15.